The maximum atomic E-state index is 11.7. The van der Waals surface area contributed by atoms with E-state index in [9.17, 15) is 9.59 Å². The van der Waals surface area contributed by atoms with Gasteiger partial charge in [0, 0.05) is 16.4 Å². The smallest absolute Gasteiger partial charge is 0.315 e. The van der Waals surface area contributed by atoms with Gasteiger partial charge in [0.15, 0.2) is 5.78 Å². The molecule has 0 saturated heterocycles. The summed E-state index contributed by atoms with van der Waals surface area (Å²) in [6.45, 7) is 3.75. The van der Waals surface area contributed by atoms with Gasteiger partial charge in [0.05, 0.1) is 12.9 Å². The predicted octanol–water partition coefficient (Wildman–Crippen LogP) is 2.79. The number of carbonyl (C=O) groups is 2. The molecule has 0 heterocycles. The van der Waals surface area contributed by atoms with Crippen LogP contribution in [-0.2, 0) is 9.53 Å². The van der Waals surface area contributed by atoms with Crippen molar-refractivity contribution in [2.75, 3.05) is 12.9 Å². The Balaban J connectivity index is 2.62. The van der Waals surface area contributed by atoms with E-state index >= 15 is 0 Å². The summed E-state index contributed by atoms with van der Waals surface area (Å²) in [5.41, 5.74) is 0.711. The lowest BCUT2D eigenvalue weighted by Gasteiger charge is -2.05. The van der Waals surface area contributed by atoms with E-state index in [1.54, 1.807) is 12.1 Å². The lowest BCUT2D eigenvalue weighted by molar-refractivity contribution is -0.137. The highest BCUT2D eigenvalue weighted by molar-refractivity contribution is 8.00. The summed E-state index contributed by atoms with van der Waals surface area (Å²) in [4.78, 5) is 23.6. The van der Waals surface area contributed by atoms with Gasteiger partial charge >= 0.3 is 5.97 Å². The molecular weight excluding hydrogens is 236 g/mol. The molecule has 4 heteroatoms. The van der Waals surface area contributed by atoms with E-state index in [1.807, 2.05) is 26.0 Å². The minimum Gasteiger partial charge on any atom is -0.468 e. The van der Waals surface area contributed by atoms with Crippen LogP contribution in [-0.4, -0.2) is 24.6 Å². The summed E-state index contributed by atoms with van der Waals surface area (Å²) < 4.78 is 4.55. The third-order valence-electron chi connectivity index (χ3n) is 2.25. The summed E-state index contributed by atoms with van der Waals surface area (Å²) in [6, 6.07) is 7.29. The summed E-state index contributed by atoms with van der Waals surface area (Å²) in [5.74, 6) is 0.170. The van der Waals surface area contributed by atoms with E-state index in [2.05, 4.69) is 4.74 Å². The Bertz CT molecular complexity index is 396. The third kappa shape index (κ3) is 4.23. The van der Waals surface area contributed by atoms with Crippen LogP contribution in [0.1, 0.15) is 24.2 Å². The van der Waals surface area contributed by atoms with Crippen LogP contribution < -0.4 is 0 Å². The molecule has 0 fully saturated rings. The Morgan fingerprint density at radius 1 is 1.24 bits per heavy atom. The molecule has 1 aromatic rings. The number of rotatable bonds is 5. The molecular formula is C13H16O3S. The Hall–Kier alpha value is -1.29. The molecule has 0 atom stereocenters. The molecule has 1 rings (SSSR count). The number of thioether (sulfide) groups is 1. The van der Waals surface area contributed by atoms with Crippen LogP contribution in [0.25, 0.3) is 0 Å². The van der Waals surface area contributed by atoms with E-state index in [1.165, 1.54) is 18.9 Å². The average Bonchev–Trinajstić information content (AvgIpc) is 2.35. The van der Waals surface area contributed by atoms with Gasteiger partial charge in [-0.2, -0.15) is 0 Å². The molecule has 0 saturated carbocycles. The highest BCUT2D eigenvalue weighted by atomic mass is 32.2. The van der Waals surface area contributed by atoms with Gasteiger partial charge in [0.2, 0.25) is 0 Å². The number of ketones is 1. The van der Waals surface area contributed by atoms with Crippen molar-refractivity contribution in [2.24, 2.45) is 5.92 Å². The van der Waals surface area contributed by atoms with Crippen LogP contribution >= 0.6 is 11.8 Å². The Labute approximate surface area is 106 Å². The zero-order valence-electron chi connectivity index (χ0n) is 10.2. The van der Waals surface area contributed by atoms with Crippen molar-refractivity contribution in [1.82, 2.24) is 0 Å². The number of esters is 1. The maximum Gasteiger partial charge on any atom is 0.315 e. The number of methoxy groups -OCH3 is 1. The molecule has 0 bridgehead atoms. The Morgan fingerprint density at radius 3 is 2.29 bits per heavy atom. The fourth-order valence-electron chi connectivity index (χ4n) is 1.25. The molecule has 0 aliphatic carbocycles. The highest BCUT2D eigenvalue weighted by Crippen LogP contribution is 2.19. The van der Waals surface area contributed by atoms with Crippen molar-refractivity contribution < 1.29 is 14.3 Å². The van der Waals surface area contributed by atoms with E-state index in [0.717, 1.165) is 4.90 Å². The Kier molecular flexibility index (Phi) is 5.22. The first-order valence-electron chi connectivity index (χ1n) is 5.38. The van der Waals surface area contributed by atoms with Crippen LogP contribution in [0.3, 0.4) is 0 Å². The quantitative estimate of drug-likeness (QED) is 0.459. The molecule has 0 N–H and O–H groups in total. The molecule has 0 aromatic heterocycles. The molecule has 0 radical (unpaired) electrons. The summed E-state index contributed by atoms with van der Waals surface area (Å²) >= 11 is 1.40. The fourth-order valence-corrected chi connectivity index (χ4v) is 1.98. The molecule has 0 unspecified atom stereocenters. The minimum absolute atomic E-state index is 0.00331. The Morgan fingerprint density at radius 2 is 1.82 bits per heavy atom. The van der Waals surface area contributed by atoms with Crippen molar-refractivity contribution in [3.05, 3.63) is 29.8 Å². The van der Waals surface area contributed by atoms with Gasteiger partial charge in [0.1, 0.15) is 0 Å². The van der Waals surface area contributed by atoms with Gasteiger partial charge < -0.3 is 4.74 Å². The van der Waals surface area contributed by atoms with Crippen LogP contribution in [0.2, 0.25) is 0 Å². The molecule has 3 nitrogen and oxygen atoms in total. The van der Waals surface area contributed by atoms with Gasteiger partial charge in [-0.25, -0.2) is 0 Å². The normalized spacial score (nSPS) is 10.4. The van der Waals surface area contributed by atoms with Gasteiger partial charge in [0.25, 0.3) is 0 Å². The SMILES string of the molecule is COC(=O)CSc1ccc(C(=O)C(C)C)cc1. The topological polar surface area (TPSA) is 43.4 Å². The molecule has 17 heavy (non-hydrogen) atoms. The summed E-state index contributed by atoms with van der Waals surface area (Å²) in [7, 11) is 1.37. The van der Waals surface area contributed by atoms with Crippen molar-refractivity contribution in [1.29, 1.82) is 0 Å². The zero-order chi connectivity index (χ0) is 12.8. The van der Waals surface area contributed by atoms with E-state index in [0.29, 0.717) is 5.56 Å². The van der Waals surface area contributed by atoms with Crippen molar-refractivity contribution in [3.8, 4) is 0 Å². The zero-order valence-corrected chi connectivity index (χ0v) is 11.0. The van der Waals surface area contributed by atoms with Gasteiger partial charge in [-0.1, -0.05) is 26.0 Å². The van der Waals surface area contributed by atoms with Gasteiger partial charge in [-0.05, 0) is 12.1 Å². The lowest BCUT2D eigenvalue weighted by Crippen LogP contribution is -2.07. The van der Waals surface area contributed by atoms with Crippen molar-refractivity contribution >= 4 is 23.5 Å². The summed E-state index contributed by atoms with van der Waals surface area (Å²) in [6.07, 6.45) is 0. The third-order valence-corrected chi connectivity index (χ3v) is 3.23. The summed E-state index contributed by atoms with van der Waals surface area (Å²) in [5, 5.41) is 0. The maximum absolute atomic E-state index is 11.7. The largest absolute Gasteiger partial charge is 0.468 e. The number of hydrogen-bond donors (Lipinski definition) is 0. The van der Waals surface area contributed by atoms with E-state index in [4.69, 9.17) is 0 Å². The van der Waals surface area contributed by atoms with E-state index < -0.39 is 0 Å². The fraction of sp³-hybridized carbons (Fsp3) is 0.385. The first kappa shape index (κ1) is 13.8. The number of Topliss-reactive ketones (excluding diaryl/α,β-unsaturated/α-hetero) is 1. The average molecular weight is 252 g/mol. The molecule has 0 aliphatic rings. The van der Waals surface area contributed by atoms with Crippen molar-refractivity contribution in [2.45, 2.75) is 18.7 Å². The lowest BCUT2D eigenvalue weighted by atomic mass is 10.0. The first-order valence-corrected chi connectivity index (χ1v) is 6.37. The number of carbonyl (C=O) groups excluding carboxylic acids is 2. The monoisotopic (exact) mass is 252 g/mol. The second kappa shape index (κ2) is 6.45. The van der Waals surface area contributed by atoms with Crippen LogP contribution in [0.5, 0.6) is 0 Å². The molecule has 1 aromatic carbocycles. The van der Waals surface area contributed by atoms with Gasteiger partial charge in [-0.3, -0.25) is 9.59 Å². The standard InChI is InChI=1S/C13H16O3S/c1-9(2)13(15)10-4-6-11(7-5-10)17-8-12(14)16-3/h4-7,9H,8H2,1-3H3. The van der Waals surface area contributed by atoms with Crippen molar-refractivity contribution in [3.63, 3.8) is 0 Å². The predicted molar refractivity (Wildman–Crippen MR) is 68.4 cm³/mol. The van der Waals surface area contributed by atoms with Gasteiger partial charge in [-0.15, -0.1) is 11.8 Å². The second-order valence-electron chi connectivity index (χ2n) is 3.91. The van der Waals surface area contributed by atoms with E-state index in [-0.39, 0.29) is 23.4 Å². The van der Waals surface area contributed by atoms with Crippen LogP contribution in [0.4, 0.5) is 0 Å². The molecule has 92 valence electrons. The first-order chi connectivity index (χ1) is 8.04. The minimum atomic E-state index is -0.252. The molecule has 0 spiro atoms. The highest BCUT2D eigenvalue weighted by Gasteiger charge is 2.10. The molecule has 0 amide bonds. The number of hydrogen-bond acceptors (Lipinski definition) is 4. The van der Waals surface area contributed by atoms with Crippen LogP contribution in [0, 0.1) is 5.92 Å². The second-order valence-corrected chi connectivity index (χ2v) is 4.96. The number of ether oxygens (including phenoxy) is 1. The number of benzene rings is 1. The van der Waals surface area contributed by atoms with Crippen LogP contribution in [0.15, 0.2) is 29.2 Å². The molecule has 0 aliphatic heterocycles.